The van der Waals surface area contributed by atoms with Gasteiger partial charge in [0.25, 0.3) is 5.91 Å². The van der Waals surface area contributed by atoms with E-state index in [1.165, 1.54) is 12.4 Å². The molecular weight excluding hydrogens is 288 g/mol. The largest absolute Gasteiger partial charge is 0.368 e. The zero-order chi connectivity index (χ0) is 14.7. The molecule has 0 N–H and O–H groups in total. The molecule has 1 aromatic heterocycles. The summed E-state index contributed by atoms with van der Waals surface area (Å²) in [6, 6.07) is 7.78. The smallest absolute Gasteiger partial charge is 0.274 e. The van der Waals surface area contributed by atoms with Crippen LogP contribution in [0.15, 0.2) is 42.9 Å². The van der Waals surface area contributed by atoms with Crippen LogP contribution in [0.3, 0.4) is 0 Å². The van der Waals surface area contributed by atoms with Crippen molar-refractivity contribution in [2.45, 2.75) is 0 Å². The van der Waals surface area contributed by atoms with Crippen molar-refractivity contribution >= 4 is 23.2 Å². The van der Waals surface area contributed by atoms with Crippen molar-refractivity contribution in [1.82, 2.24) is 14.9 Å². The molecular formula is C15H15ClN4O. The first-order valence-electron chi connectivity index (χ1n) is 6.80. The summed E-state index contributed by atoms with van der Waals surface area (Å²) in [6.45, 7) is 2.91. The van der Waals surface area contributed by atoms with E-state index in [2.05, 4.69) is 14.9 Å². The summed E-state index contributed by atoms with van der Waals surface area (Å²) in [6.07, 6.45) is 4.61. The summed E-state index contributed by atoms with van der Waals surface area (Å²) in [4.78, 5) is 24.3. The minimum absolute atomic E-state index is 0.0613. The Morgan fingerprint density at radius 1 is 1.14 bits per heavy atom. The SMILES string of the molecule is O=C(c1cnccn1)N1CCN(c2cccc(Cl)c2)CC1. The zero-order valence-electron chi connectivity index (χ0n) is 11.4. The summed E-state index contributed by atoms with van der Waals surface area (Å²) in [5.41, 5.74) is 1.49. The van der Waals surface area contributed by atoms with Gasteiger partial charge in [-0.3, -0.25) is 9.78 Å². The van der Waals surface area contributed by atoms with Gasteiger partial charge in [-0.25, -0.2) is 4.98 Å². The highest BCUT2D eigenvalue weighted by Crippen LogP contribution is 2.21. The number of anilines is 1. The molecule has 0 atom stereocenters. The molecule has 0 unspecified atom stereocenters. The number of carbonyl (C=O) groups excluding carboxylic acids is 1. The van der Waals surface area contributed by atoms with Crippen molar-refractivity contribution in [2.75, 3.05) is 31.1 Å². The standard InChI is InChI=1S/C15H15ClN4O/c16-12-2-1-3-13(10-12)19-6-8-20(9-7-19)15(21)14-11-17-4-5-18-14/h1-5,10-11H,6-9H2. The molecule has 6 heteroatoms. The number of nitrogens with zero attached hydrogens (tertiary/aromatic N) is 4. The van der Waals surface area contributed by atoms with Crippen molar-refractivity contribution in [3.8, 4) is 0 Å². The molecule has 2 heterocycles. The predicted octanol–water partition coefficient (Wildman–Crippen LogP) is 2.09. The first-order valence-corrected chi connectivity index (χ1v) is 7.17. The van der Waals surface area contributed by atoms with Gasteiger partial charge in [0.15, 0.2) is 0 Å². The third-order valence-electron chi connectivity index (χ3n) is 3.52. The fourth-order valence-corrected chi connectivity index (χ4v) is 2.60. The van der Waals surface area contributed by atoms with Crippen LogP contribution < -0.4 is 4.90 Å². The Labute approximate surface area is 128 Å². The number of hydrogen-bond donors (Lipinski definition) is 0. The number of benzene rings is 1. The second kappa shape index (κ2) is 6.10. The maximum absolute atomic E-state index is 12.3. The number of amides is 1. The summed E-state index contributed by atoms with van der Waals surface area (Å²) in [5.74, 6) is -0.0613. The van der Waals surface area contributed by atoms with E-state index in [-0.39, 0.29) is 5.91 Å². The van der Waals surface area contributed by atoms with Crippen molar-refractivity contribution in [3.05, 3.63) is 53.6 Å². The quantitative estimate of drug-likeness (QED) is 0.852. The second-order valence-corrected chi connectivity index (χ2v) is 5.29. The summed E-state index contributed by atoms with van der Waals surface area (Å²) >= 11 is 6.02. The topological polar surface area (TPSA) is 49.3 Å². The number of aromatic nitrogens is 2. The van der Waals surface area contributed by atoms with Crippen molar-refractivity contribution in [3.63, 3.8) is 0 Å². The van der Waals surface area contributed by atoms with Crippen LogP contribution in [0.1, 0.15) is 10.5 Å². The predicted molar refractivity (Wildman–Crippen MR) is 81.6 cm³/mol. The molecule has 0 bridgehead atoms. The van der Waals surface area contributed by atoms with Gasteiger partial charge in [-0.15, -0.1) is 0 Å². The van der Waals surface area contributed by atoms with Gasteiger partial charge in [0.1, 0.15) is 5.69 Å². The molecule has 0 saturated carbocycles. The average Bonchev–Trinajstić information content (AvgIpc) is 2.55. The number of rotatable bonds is 2. The molecule has 5 nitrogen and oxygen atoms in total. The molecule has 108 valence electrons. The molecule has 0 spiro atoms. The maximum Gasteiger partial charge on any atom is 0.274 e. The van der Waals surface area contributed by atoms with Gasteiger partial charge in [0.2, 0.25) is 0 Å². The number of hydrogen-bond acceptors (Lipinski definition) is 4. The Balaban J connectivity index is 1.64. The minimum atomic E-state index is -0.0613. The second-order valence-electron chi connectivity index (χ2n) is 4.85. The molecule has 21 heavy (non-hydrogen) atoms. The van der Waals surface area contributed by atoms with Crippen LogP contribution in [0.25, 0.3) is 0 Å². The van der Waals surface area contributed by atoms with E-state index in [0.717, 1.165) is 23.8 Å². The molecule has 1 amide bonds. The maximum atomic E-state index is 12.3. The lowest BCUT2D eigenvalue weighted by molar-refractivity contribution is 0.0740. The lowest BCUT2D eigenvalue weighted by Crippen LogP contribution is -2.49. The van der Waals surface area contributed by atoms with Gasteiger partial charge < -0.3 is 9.80 Å². The Morgan fingerprint density at radius 2 is 1.95 bits per heavy atom. The summed E-state index contributed by atoms with van der Waals surface area (Å²) in [5, 5.41) is 0.727. The van der Waals surface area contributed by atoms with E-state index >= 15 is 0 Å². The Bertz CT molecular complexity index is 627. The average molecular weight is 303 g/mol. The molecule has 3 rings (SSSR count). The number of piperazine rings is 1. The van der Waals surface area contributed by atoms with Crippen LogP contribution >= 0.6 is 11.6 Å². The lowest BCUT2D eigenvalue weighted by Gasteiger charge is -2.36. The summed E-state index contributed by atoms with van der Waals surface area (Å²) < 4.78 is 0. The van der Waals surface area contributed by atoms with Gasteiger partial charge in [0.05, 0.1) is 6.20 Å². The third-order valence-corrected chi connectivity index (χ3v) is 3.76. The highest BCUT2D eigenvalue weighted by Gasteiger charge is 2.23. The van der Waals surface area contributed by atoms with Crippen molar-refractivity contribution in [1.29, 1.82) is 0 Å². The van der Waals surface area contributed by atoms with E-state index in [1.807, 2.05) is 29.2 Å². The highest BCUT2D eigenvalue weighted by atomic mass is 35.5. The normalized spacial score (nSPS) is 15.1. The molecule has 1 fully saturated rings. The van der Waals surface area contributed by atoms with E-state index in [9.17, 15) is 4.79 Å². The van der Waals surface area contributed by atoms with Crippen LogP contribution in [0.2, 0.25) is 5.02 Å². The number of halogens is 1. The first kappa shape index (κ1) is 13.8. The highest BCUT2D eigenvalue weighted by molar-refractivity contribution is 6.30. The molecule has 2 aromatic rings. The van der Waals surface area contributed by atoms with Crippen LogP contribution in [-0.2, 0) is 0 Å². The lowest BCUT2D eigenvalue weighted by atomic mass is 10.2. The molecule has 1 saturated heterocycles. The van der Waals surface area contributed by atoms with E-state index < -0.39 is 0 Å². The summed E-state index contributed by atoms with van der Waals surface area (Å²) in [7, 11) is 0. The van der Waals surface area contributed by atoms with E-state index in [4.69, 9.17) is 11.6 Å². The van der Waals surface area contributed by atoms with Gasteiger partial charge in [-0.05, 0) is 18.2 Å². The van der Waals surface area contributed by atoms with Crippen molar-refractivity contribution < 1.29 is 4.79 Å². The van der Waals surface area contributed by atoms with E-state index in [1.54, 1.807) is 6.20 Å². The fraction of sp³-hybridized carbons (Fsp3) is 0.267. The van der Waals surface area contributed by atoms with Crippen LogP contribution in [0.5, 0.6) is 0 Å². The van der Waals surface area contributed by atoms with Crippen molar-refractivity contribution in [2.24, 2.45) is 0 Å². The molecule has 1 aliphatic rings. The fourth-order valence-electron chi connectivity index (χ4n) is 2.41. The Kier molecular flexibility index (Phi) is 4.01. The Morgan fingerprint density at radius 3 is 2.62 bits per heavy atom. The minimum Gasteiger partial charge on any atom is -0.368 e. The third kappa shape index (κ3) is 3.13. The monoisotopic (exact) mass is 302 g/mol. The molecule has 0 aliphatic carbocycles. The molecule has 1 aliphatic heterocycles. The molecule has 1 aromatic carbocycles. The first-order chi connectivity index (χ1) is 10.2. The van der Waals surface area contributed by atoms with Gasteiger partial charge in [-0.1, -0.05) is 17.7 Å². The number of carbonyl (C=O) groups is 1. The van der Waals surface area contributed by atoms with E-state index in [0.29, 0.717) is 18.8 Å². The molecule has 0 radical (unpaired) electrons. The van der Waals surface area contributed by atoms with Gasteiger partial charge in [0, 0.05) is 49.3 Å². The van der Waals surface area contributed by atoms with Crippen LogP contribution in [-0.4, -0.2) is 47.0 Å². The Hall–Kier alpha value is -2.14. The van der Waals surface area contributed by atoms with Gasteiger partial charge in [-0.2, -0.15) is 0 Å². The van der Waals surface area contributed by atoms with Crippen LogP contribution in [0.4, 0.5) is 5.69 Å². The van der Waals surface area contributed by atoms with Gasteiger partial charge >= 0.3 is 0 Å². The van der Waals surface area contributed by atoms with Crippen LogP contribution in [0, 0.1) is 0 Å². The zero-order valence-corrected chi connectivity index (χ0v) is 12.2.